The second-order valence-electron chi connectivity index (χ2n) is 5.56. The highest BCUT2D eigenvalue weighted by Gasteiger charge is 2.17. The van der Waals surface area contributed by atoms with Gasteiger partial charge in [0.15, 0.2) is 6.61 Å². The predicted molar refractivity (Wildman–Crippen MR) is 97.3 cm³/mol. The van der Waals surface area contributed by atoms with Gasteiger partial charge in [0.25, 0.3) is 11.8 Å². The van der Waals surface area contributed by atoms with E-state index < -0.39 is 0 Å². The monoisotopic (exact) mass is 356 g/mol. The molecule has 136 valence electrons. The fraction of sp³-hybridized carbons (Fsp3) is 0.263. The third-order valence-electron chi connectivity index (χ3n) is 3.64. The molecule has 7 nitrogen and oxygen atoms in total. The molecule has 2 aromatic carbocycles. The number of ether oxygens (including phenoxy) is 3. The van der Waals surface area contributed by atoms with Gasteiger partial charge in [-0.1, -0.05) is 0 Å². The Morgan fingerprint density at radius 1 is 1.12 bits per heavy atom. The number of carbonyl (C=O) groups excluding carboxylic acids is 2. The van der Waals surface area contributed by atoms with Crippen molar-refractivity contribution < 1.29 is 23.8 Å². The molecule has 0 bridgehead atoms. The zero-order chi connectivity index (χ0) is 18.5. The van der Waals surface area contributed by atoms with Crippen molar-refractivity contribution in [1.82, 2.24) is 0 Å². The summed E-state index contributed by atoms with van der Waals surface area (Å²) in [6.07, 6.45) is 0. The Morgan fingerprint density at radius 2 is 1.81 bits per heavy atom. The van der Waals surface area contributed by atoms with Crippen molar-refractivity contribution in [2.24, 2.45) is 0 Å². The van der Waals surface area contributed by atoms with E-state index in [4.69, 9.17) is 14.2 Å². The van der Waals surface area contributed by atoms with E-state index in [2.05, 4.69) is 10.6 Å². The lowest BCUT2D eigenvalue weighted by molar-refractivity contribution is -0.118. The van der Waals surface area contributed by atoms with E-state index in [1.54, 1.807) is 36.4 Å². The van der Waals surface area contributed by atoms with E-state index >= 15 is 0 Å². The van der Waals surface area contributed by atoms with Crippen molar-refractivity contribution in [2.75, 3.05) is 30.5 Å². The minimum Gasteiger partial charge on any atom is -0.494 e. The van der Waals surface area contributed by atoms with Crippen molar-refractivity contribution in [1.29, 1.82) is 0 Å². The van der Waals surface area contributed by atoms with Crippen molar-refractivity contribution in [3.63, 3.8) is 0 Å². The standard InChI is InChI=1S/C19H20N2O5/c1-3-24-14-7-12(8-15(10-14)25-4-2)19(23)20-13-5-6-16-17(9-13)26-11-18(22)21-16/h5-10H,3-4,11H2,1-2H3,(H,20,23)(H,21,22). The molecule has 7 heteroatoms. The summed E-state index contributed by atoms with van der Waals surface area (Å²) in [4.78, 5) is 23.9. The maximum Gasteiger partial charge on any atom is 0.262 e. The first-order chi connectivity index (χ1) is 12.6. The van der Waals surface area contributed by atoms with Gasteiger partial charge in [-0.05, 0) is 38.1 Å². The highest BCUT2D eigenvalue weighted by molar-refractivity contribution is 6.05. The van der Waals surface area contributed by atoms with Crippen LogP contribution in [-0.2, 0) is 4.79 Å². The van der Waals surface area contributed by atoms with Gasteiger partial charge in [-0.25, -0.2) is 0 Å². The third kappa shape index (κ3) is 4.05. The lowest BCUT2D eigenvalue weighted by atomic mass is 10.1. The topological polar surface area (TPSA) is 85.9 Å². The molecule has 2 aromatic rings. The second-order valence-corrected chi connectivity index (χ2v) is 5.56. The molecule has 0 fully saturated rings. The molecule has 0 radical (unpaired) electrons. The average Bonchev–Trinajstić information content (AvgIpc) is 2.62. The fourth-order valence-electron chi connectivity index (χ4n) is 2.56. The summed E-state index contributed by atoms with van der Waals surface area (Å²) in [6, 6.07) is 10.1. The van der Waals surface area contributed by atoms with Crippen molar-refractivity contribution >= 4 is 23.2 Å². The molecular weight excluding hydrogens is 336 g/mol. The first kappa shape index (κ1) is 17.6. The van der Waals surface area contributed by atoms with Crippen LogP contribution in [0, 0.1) is 0 Å². The Hall–Kier alpha value is -3.22. The number of carbonyl (C=O) groups is 2. The molecule has 0 unspecified atom stereocenters. The van der Waals surface area contributed by atoms with Crippen molar-refractivity contribution in [3.05, 3.63) is 42.0 Å². The molecule has 26 heavy (non-hydrogen) atoms. The summed E-state index contributed by atoms with van der Waals surface area (Å²) in [5.74, 6) is 1.15. The van der Waals surface area contributed by atoms with Crippen LogP contribution in [0.15, 0.2) is 36.4 Å². The number of nitrogens with one attached hydrogen (secondary N) is 2. The lowest BCUT2D eigenvalue weighted by Gasteiger charge is -2.18. The quantitative estimate of drug-likeness (QED) is 0.831. The Bertz CT molecular complexity index is 810. The fourth-order valence-corrected chi connectivity index (χ4v) is 2.56. The molecular formula is C19H20N2O5. The Balaban J connectivity index is 1.80. The molecule has 2 amide bonds. The summed E-state index contributed by atoms with van der Waals surface area (Å²) in [5, 5.41) is 5.52. The summed E-state index contributed by atoms with van der Waals surface area (Å²) in [5.41, 5.74) is 1.56. The molecule has 0 saturated carbocycles. The van der Waals surface area contributed by atoms with Crippen molar-refractivity contribution in [3.8, 4) is 17.2 Å². The van der Waals surface area contributed by atoms with Gasteiger partial charge in [0.2, 0.25) is 0 Å². The number of amides is 2. The largest absolute Gasteiger partial charge is 0.494 e. The summed E-state index contributed by atoms with van der Waals surface area (Å²) in [7, 11) is 0. The second kappa shape index (κ2) is 7.77. The summed E-state index contributed by atoms with van der Waals surface area (Å²) >= 11 is 0. The highest BCUT2D eigenvalue weighted by Crippen LogP contribution is 2.31. The van der Waals surface area contributed by atoms with Gasteiger partial charge in [0, 0.05) is 23.4 Å². The maximum atomic E-state index is 12.6. The lowest BCUT2D eigenvalue weighted by Crippen LogP contribution is -2.25. The van der Waals surface area contributed by atoms with E-state index in [1.165, 1.54) is 0 Å². The normalized spacial score (nSPS) is 12.5. The number of anilines is 2. The van der Waals surface area contributed by atoms with Crippen LogP contribution in [-0.4, -0.2) is 31.6 Å². The van der Waals surface area contributed by atoms with E-state index in [1.807, 2.05) is 13.8 Å². The molecule has 1 heterocycles. The van der Waals surface area contributed by atoms with Crippen molar-refractivity contribution in [2.45, 2.75) is 13.8 Å². The maximum absolute atomic E-state index is 12.6. The average molecular weight is 356 g/mol. The first-order valence-electron chi connectivity index (χ1n) is 8.37. The SMILES string of the molecule is CCOc1cc(OCC)cc(C(=O)Nc2ccc3c(c2)OCC(=O)N3)c1. The van der Waals surface area contributed by atoms with Crippen LogP contribution < -0.4 is 24.8 Å². The number of fused-ring (bicyclic) bond motifs is 1. The van der Waals surface area contributed by atoms with Crippen LogP contribution in [0.25, 0.3) is 0 Å². The van der Waals surface area contributed by atoms with E-state index in [0.717, 1.165) is 0 Å². The molecule has 0 aromatic heterocycles. The van der Waals surface area contributed by atoms with Crippen LogP contribution in [0.2, 0.25) is 0 Å². The molecule has 0 saturated heterocycles. The molecule has 2 N–H and O–H groups in total. The van der Waals surface area contributed by atoms with Gasteiger partial charge in [0.05, 0.1) is 18.9 Å². The molecule has 1 aliphatic rings. The Morgan fingerprint density at radius 3 is 2.46 bits per heavy atom. The van der Waals surface area contributed by atoms with Gasteiger partial charge in [-0.15, -0.1) is 0 Å². The molecule has 0 atom stereocenters. The number of hydrogen-bond donors (Lipinski definition) is 2. The van der Waals surface area contributed by atoms with Crippen LogP contribution >= 0.6 is 0 Å². The molecule has 3 rings (SSSR count). The number of benzene rings is 2. The summed E-state index contributed by atoms with van der Waals surface area (Å²) < 4.78 is 16.4. The Kier molecular flexibility index (Phi) is 5.26. The minimum atomic E-state index is -0.299. The zero-order valence-corrected chi connectivity index (χ0v) is 14.6. The zero-order valence-electron chi connectivity index (χ0n) is 14.6. The van der Waals surface area contributed by atoms with Gasteiger partial charge < -0.3 is 24.8 Å². The van der Waals surface area contributed by atoms with E-state index in [-0.39, 0.29) is 18.4 Å². The highest BCUT2D eigenvalue weighted by atomic mass is 16.5. The molecule has 1 aliphatic heterocycles. The van der Waals surface area contributed by atoms with Gasteiger partial charge >= 0.3 is 0 Å². The Labute approximate surface area is 151 Å². The van der Waals surface area contributed by atoms with E-state index in [9.17, 15) is 9.59 Å². The van der Waals surface area contributed by atoms with Crippen LogP contribution in [0.1, 0.15) is 24.2 Å². The number of rotatable bonds is 6. The summed E-state index contributed by atoms with van der Waals surface area (Å²) in [6.45, 7) is 4.69. The number of hydrogen-bond acceptors (Lipinski definition) is 5. The third-order valence-corrected chi connectivity index (χ3v) is 3.64. The van der Waals surface area contributed by atoms with Crippen LogP contribution in [0.4, 0.5) is 11.4 Å². The van der Waals surface area contributed by atoms with Crippen LogP contribution in [0.3, 0.4) is 0 Å². The molecule has 0 aliphatic carbocycles. The molecule has 0 spiro atoms. The predicted octanol–water partition coefficient (Wildman–Crippen LogP) is 3.07. The van der Waals surface area contributed by atoms with E-state index in [0.29, 0.717) is 47.4 Å². The van der Waals surface area contributed by atoms with Gasteiger partial charge in [-0.2, -0.15) is 0 Å². The van der Waals surface area contributed by atoms with Gasteiger partial charge in [0.1, 0.15) is 17.2 Å². The van der Waals surface area contributed by atoms with Gasteiger partial charge in [-0.3, -0.25) is 9.59 Å². The first-order valence-corrected chi connectivity index (χ1v) is 8.37. The van der Waals surface area contributed by atoms with Crippen LogP contribution in [0.5, 0.6) is 17.2 Å². The minimum absolute atomic E-state index is 0.0431. The smallest absolute Gasteiger partial charge is 0.262 e.